The molecule has 0 radical (unpaired) electrons. The zero-order chi connectivity index (χ0) is 49.2. The van der Waals surface area contributed by atoms with Gasteiger partial charge in [-0.15, -0.1) is 10.6 Å². The first-order valence-electron chi connectivity index (χ1n) is 23.4. The lowest BCUT2D eigenvalue weighted by Crippen LogP contribution is -2.49. The molecule has 0 spiro atoms. The average Bonchev–Trinajstić information content (AvgIpc) is 4.02. The molecule has 2 aromatic carbocycles. The van der Waals surface area contributed by atoms with Crippen LogP contribution in [0.15, 0.2) is 54.5 Å². The molecule has 2 N–H and O–H groups in total. The molecule has 2 amide bonds. The summed E-state index contributed by atoms with van der Waals surface area (Å²) in [5.41, 5.74) is 11.8. The van der Waals surface area contributed by atoms with E-state index in [0.717, 1.165) is 34.6 Å². The maximum atomic E-state index is 12.8. The van der Waals surface area contributed by atoms with Crippen molar-refractivity contribution in [2.45, 2.75) is 79.6 Å². The summed E-state index contributed by atoms with van der Waals surface area (Å²) in [5, 5.41) is 10.7. The molecule has 20 nitrogen and oxygen atoms in total. The highest BCUT2D eigenvalue weighted by atomic mass is 16.6. The number of rotatable bonds is 24. The number of nitrogens with zero attached hydrogens (tertiary/aromatic N) is 6. The summed E-state index contributed by atoms with van der Waals surface area (Å²) in [6, 6.07) is 10.1. The van der Waals surface area contributed by atoms with Gasteiger partial charge in [0, 0.05) is 67.0 Å². The Morgan fingerprint density at radius 3 is 1.72 bits per heavy atom. The van der Waals surface area contributed by atoms with Crippen LogP contribution in [-0.2, 0) is 54.1 Å². The highest BCUT2D eigenvalue weighted by Crippen LogP contribution is 2.45. The lowest BCUT2D eigenvalue weighted by molar-refractivity contribution is -0.118. The second kappa shape index (κ2) is 26.9. The molecule has 3 aromatic rings. The topological polar surface area (TPSA) is 207 Å². The van der Waals surface area contributed by atoms with Gasteiger partial charge in [-0.25, -0.2) is 14.3 Å². The molecule has 6 rings (SSSR count). The summed E-state index contributed by atoms with van der Waals surface area (Å²) in [6.07, 6.45) is 4.53. The predicted molar refractivity (Wildman–Crippen MR) is 251 cm³/mol. The van der Waals surface area contributed by atoms with Crippen LogP contribution in [-0.4, -0.2) is 143 Å². The fourth-order valence-corrected chi connectivity index (χ4v) is 8.76. The van der Waals surface area contributed by atoms with Crippen molar-refractivity contribution < 1.29 is 57.1 Å². The highest BCUT2D eigenvalue weighted by molar-refractivity contribution is 5.97. The molecule has 3 aliphatic rings. The fraction of sp³-hybridized carbons (Fsp3) is 0.583. The third kappa shape index (κ3) is 13.6. The zero-order valence-electron chi connectivity index (χ0n) is 41.0. The van der Waals surface area contributed by atoms with Gasteiger partial charge >= 0.3 is 11.9 Å². The van der Waals surface area contributed by atoms with Crippen molar-refractivity contribution in [2.24, 2.45) is 11.8 Å². The highest BCUT2D eigenvalue weighted by Gasteiger charge is 2.42. The van der Waals surface area contributed by atoms with E-state index < -0.39 is 11.9 Å². The molecule has 68 heavy (non-hydrogen) atoms. The molecule has 0 aliphatic carbocycles. The van der Waals surface area contributed by atoms with Gasteiger partial charge in [-0.3, -0.25) is 14.6 Å². The Morgan fingerprint density at radius 1 is 0.691 bits per heavy atom. The molecule has 0 saturated carbocycles. The molecule has 0 fully saturated rings. The van der Waals surface area contributed by atoms with Gasteiger partial charge in [0.25, 0.3) is 0 Å². The largest absolute Gasteiger partial charge is 0.465 e. The van der Waals surface area contributed by atoms with E-state index in [1.54, 1.807) is 59.8 Å². The van der Waals surface area contributed by atoms with Crippen LogP contribution in [0.4, 0.5) is 11.4 Å². The van der Waals surface area contributed by atoms with Gasteiger partial charge in [0.15, 0.2) is 0 Å². The van der Waals surface area contributed by atoms with Crippen LogP contribution in [0.1, 0.15) is 105 Å². The molecule has 0 saturated heterocycles. The molecule has 4 unspecified atom stereocenters. The van der Waals surface area contributed by atoms with E-state index in [9.17, 15) is 19.2 Å². The molecule has 1 aromatic heterocycles. The second-order valence-electron chi connectivity index (χ2n) is 16.3. The van der Waals surface area contributed by atoms with Crippen LogP contribution in [0, 0.1) is 11.8 Å². The minimum absolute atomic E-state index is 0.0190. The first kappa shape index (κ1) is 53.5. The number of fused-ring (bicyclic) bond motifs is 2. The third-order valence-corrected chi connectivity index (χ3v) is 11.8. The number of carbonyl (C=O) groups excluding carboxylic acids is 4. The molecule has 4 heterocycles. The summed E-state index contributed by atoms with van der Waals surface area (Å²) in [4.78, 5) is 53.5. The lowest BCUT2D eigenvalue weighted by atomic mass is 9.80. The number of hydrogen-bond donors (Lipinski definition) is 2. The molecule has 20 heteroatoms. The molecule has 374 valence electrons. The smallest absolute Gasteiger partial charge is 0.337 e. The lowest BCUT2D eigenvalue weighted by Gasteiger charge is -2.44. The number of benzene rings is 2. The number of hydrazine groups is 2. The number of anilines is 2. The van der Waals surface area contributed by atoms with Crippen molar-refractivity contribution in [1.82, 2.24) is 31.0 Å². The first-order chi connectivity index (χ1) is 33.0. The van der Waals surface area contributed by atoms with Gasteiger partial charge in [0.05, 0.1) is 129 Å². The predicted octanol–water partition coefficient (Wildman–Crippen LogP) is 4.76. The summed E-state index contributed by atoms with van der Waals surface area (Å²) in [7, 11) is 2.69. The average molecular weight is 951 g/mol. The summed E-state index contributed by atoms with van der Waals surface area (Å²) in [6.45, 7) is 18.5. The van der Waals surface area contributed by atoms with Crippen molar-refractivity contribution in [3.63, 3.8) is 0 Å². The van der Waals surface area contributed by atoms with E-state index in [-0.39, 0.29) is 48.4 Å². The SMILES string of the molecule is CC.CCC1[C@@H](C)C(n2cc(COCCOCCOCCOCCOCCOCC3=CN(C4c5cc(C(=O)OC)ccc5N(C(C)=O)CC4C)NN3)nn2)c2cc(C(=O)OC)ccc2N1C(C)=O. The van der Waals surface area contributed by atoms with Gasteiger partial charge in [-0.05, 0) is 42.8 Å². The van der Waals surface area contributed by atoms with Crippen LogP contribution >= 0.6 is 0 Å². The number of hydrogen-bond acceptors (Lipinski definition) is 17. The Hall–Kier alpha value is -5.48. The minimum Gasteiger partial charge on any atom is -0.465 e. The normalized spacial score (nSPS) is 19.6. The van der Waals surface area contributed by atoms with E-state index >= 15 is 0 Å². The van der Waals surface area contributed by atoms with Crippen molar-refractivity contribution in [3.05, 3.63) is 82.4 Å². The summed E-state index contributed by atoms with van der Waals surface area (Å²) in [5.74, 6) is -0.976. The van der Waals surface area contributed by atoms with Gasteiger partial charge in [-0.2, -0.15) is 0 Å². The van der Waals surface area contributed by atoms with Crippen LogP contribution in [0.25, 0.3) is 0 Å². The number of aromatic nitrogens is 3. The van der Waals surface area contributed by atoms with Gasteiger partial charge in [-0.1, -0.05) is 39.8 Å². The number of esters is 2. The Bertz CT molecular complexity index is 2150. The van der Waals surface area contributed by atoms with Gasteiger partial charge in [0.1, 0.15) is 5.69 Å². The van der Waals surface area contributed by atoms with E-state index in [1.165, 1.54) is 14.2 Å². The standard InChI is InChI=1S/C46H64N8O12.C2H6/c1-8-40-31(3)44(39-24-35(46(58)60-7)10-12-42(39)54(40)33(5)56)53-27-37(48-50-53)29-66-22-20-64-18-16-62-14-13-61-15-17-63-19-21-65-28-36-26-52(49-47-36)43-30(2)25-51(32(4)55)41-11-9-34(23-38(41)43)45(57)59-6;1-2/h9-12,23-24,26-27,30-31,40,43-44,47,49H,8,13-22,25,28-29H2,1-7H3;1-2H3/t30?,31-,40?,43?,44?;/m1./s1. The quantitative estimate of drug-likeness (QED) is 0.0917. The van der Waals surface area contributed by atoms with Crippen LogP contribution in [0.5, 0.6) is 0 Å². The Labute approximate surface area is 399 Å². The van der Waals surface area contributed by atoms with Crippen molar-refractivity contribution in [3.8, 4) is 0 Å². The molecule has 5 atom stereocenters. The van der Waals surface area contributed by atoms with Crippen molar-refractivity contribution in [1.29, 1.82) is 0 Å². The van der Waals surface area contributed by atoms with E-state index in [0.29, 0.717) is 96.0 Å². The van der Waals surface area contributed by atoms with Crippen LogP contribution in [0.2, 0.25) is 0 Å². The fourth-order valence-electron chi connectivity index (χ4n) is 8.76. The van der Waals surface area contributed by atoms with E-state index in [1.807, 2.05) is 36.2 Å². The maximum absolute atomic E-state index is 12.8. The number of amides is 2. The third-order valence-electron chi connectivity index (χ3n) is 11.8. The van der Waals surface area contributed by atoms with Crippen molar-refractivity contribution >= 4 is 35.1 Å². The Balaban J connectivity index is 0.00000426. The minimum atomic E-state index is -0.451. The molecule has 0 bridgehead atoms. The maximum Gasteiger partial charge on any atom is 0.337 e. The first-order valence-corrected chi connectivity index (χ1v) is 23.4. The van der Waals surface area contributed by atoms with Crippen molar-refractivity contribution in [2.75, 3.05) is 103 Å². The molecule has 3 aliphatic heterocycles. The van der Waals surface area contributed by atoms with Crippen LogP contribution < -0.4 is 20.8 Å². The molecular weight excluding hydrogens is 881 g/mol. The summed E-state index contributed by atoms with van der Waals surface area (Å²) >= 11 is 0. The summed E-state index contributed by atoms with van der Waals surface area (Å²) < 4.78 is 45.8. The van der Waals surface area contributed by atoms with Gasteiger partial charge < -0.3 is 53.1 Å². The number of nitrogens with one attached hydrogen (secondary N) is 2. The molecular formula is C48H70N8O12. The van der Waals surface area contributed by atoms with Gasteiger partial charge in [0.2, 0.25) is 11.8 Å². The Kier molecular flexibility index (Phi) is 21.2. The number of ether oxygens (including phenoxy) is 8. The second-order valence-corrected chi connectivity index (χ2v) is 16.3. The zero-order valence-corrected chi connectivity index (χ0v) is 41.0. The monoisotopic (exact) mass is 951 g/mol. The van der Waals surface area contributed by atoms with E-state index in [4.69, 9.17) is 37.9 Å². The van der Waals surface area contributed by atoms with Crippen LogP contribution in [0.3, 0.4) is 0 Å². The van der Waals surface area contributed by atoms with E-state index in [2.05, 4.69) is 42.0 Å². The number of carbonyl (C=O) groups is 4. The number of methoxy groups -OCH3 is 2. The Morgan fingerprint density at radius 2 is 1.21 bits per heavy atom.